The zero-order valence-electron chi connectivity index (χ0n) is 17.9. The molecule has 31 heavy (non-hydrogen) atoms. The molecule has 2 heterocycles. The Morgan fingerprint density at radius 1 is 0.903 bits per heavy atom. The van der Waals surface area contributed by atoms with Gasteiger partial charge in [-0.05, 0) is 70.2 Å². The highest BCUT2D eigenvalue weighted by Crippen LogP contribution is 2.30. The van der Waals surface area contributed by atoms with Crippen molar-refractivity contribution < 1.29 is 0 Å². The standard InChI is InChI=1S/C23H24Cl2N6/c1-5-30(6-2)17-9-7-16(8-10-17)26-22-23(31-15(4)11-14(3)29-31)28-21-13-19(25)18(24)12-20(21)27-22/h7-13H,5-6H2,1-4H3,(H,26,27). The van der Waals surface area contributed by atoms with Gasteiger partial charge in [-0.1, -0.05) is 23.2 Å². The first-order valence-corrected chi connectivity index (χ1v) is 11.0. The van der Waals surface area contributed by atoms with E-state index in [2.05, 4.69) is 41.3 Å². The van der Waals surface area contributed by atoms with Crippen molar-refractivity contribution in [1.82, 2.24) is 19.7 Å². The summed E-state index contributed by atoms with van der Waals surface area (Å²) in [7, 11) is 0. The van der Waals surface area contributed by atoms with Crippen molar-refractivity contribution in [2.75, 3.05) is 23.3 Å². The number of rotatable bonds is 6. The second-order valence-electron chi connectivity index (χ2n) is 7.33. The Kier molecular flexibility index (Phi) is 6.03. The summed E-state index contributed by atoms with van der Waals surface area (Å²) in [4.78, 5) is 11.9. The number of nitrogens with zero attached hydrogens (tertiary/aromatic N) is 5. The van der Waals surface area contributed by atoms with Gasteiger partial charge in [0.2, 0.25) is 0 Å². The molecule has 4 aromatic rings. The minimum atomic E-state index is 0.440. The lowest BCUT2D eigenvalue weighted by Crippen LogP contribution is -2.21. The third-order valence-electron chi connectivity index (χ3n) is 5.16. The van der Waals surface area contributed by atoms with Crippen LogP contribution in [0.25, 0.3) is 16.9 Å². The second-order valence-corrected chi connectivity index (χ2v) is 8.15. The summed E-state index contributed by atoms with van der Waals surface area (Å²) in [5.74, 6) is 1.19. The van der Waals surface area contributed by atoms with Crippen LogP contribution in [0.1, 0.15) is 25.2 Å². The van der Waals surface area contributed by atoms with Gasteiger partial charge in [-0.3, -0.25) is 0 Å². The summed E-state index contributed by atoms with van der Waals surface area (Å²) in [6.07, 6.45) is 0. The molecule has 8 heteroatoms. The predicted octanol–water partition coefficient (Wildman–Crippen LogP) is 6.33. The summed E-state index contributed by atoms with van der Waals surface area (Å²) in [5.41, 5.74) is 5.27. The van der Waals surface area contributed by atoms with E-state index in [1.165, 1.54) is 5.69 Å². The number of halogens is 2. The maximum absolute atomic E-state index is 6.22. The topological polar surface area (TPSA) is 58.9 Å². The SMILES string of the molecule is CCN(CC)c1ccc(Nc2nc3cc(Cl)c(Cl)cc3nc2-n2nc(C)cc2C)cc1. The largest absolute Gasteiger partial charge is 0.372 e. The highest BCUT2D eigenvalue weighted by molar-refractivity contribution is 6.42. The molecular formula is C23H24Cl2N6. The normalized spacial score (nSPS) is 11.2. The Balaban J connectivity index is 1.80. The van der Waals surface area contributed by atoms with Gasteiger partial charge in [0.25, 0.3) is 0 Å². The van der Waals surface area contributed by atoms with Crippen molar-refractivity contribution in [3.8, 4) is 5.82 Å². The number of benzene rings is 2. The number of aryl methyl sites for hydroxylation is 2. The van der Waals surface area contributed by atoms with Crippen LogP contribution in [0.15, 0.2) is 42.5 Å². The van der Waals surface area contributed by atoms with Gasteiger partial charge in [-0.25, -0.2) is 14.6 Å². The fourth-order valence-electron chi connectivity index (χ4n) is 3.60. The van der Waals surface area contributed by atoms with Gasteiger partial charge in [0.05, 0.1) is 26.8 Å². The van der Waals surface area contributed by atoms with E-state index < -0.39 is 0 Å². The average molecular weight is 455 g/mol. The molecule has 0 aliphatic rings. The van der Waals surface area contributed by atoms with Gasteiger partial charge < -0.3 is 10.2 Å². The molecule has 2 aromatic carbocycles. The van der Waals surface area contributed by atoms with Crippen LogP contribution in [0.2, 0.25) is 10.0 Å². The summed E-state index contributed by atoms with van der Waals surface area (Å²) in [6, 6.07) is 13.7. The number of nitrogens with one attached hydrogen (secondary N) is 1. The van der Waals surface area contributed by atoms with Crippen LogP contribution in [-0.4, -0.2) is 32.8 Å². The lowest BCUT2D eigenvalue weighted by Gasteiger charge is -2.21. The van der Waals surface area contributed by atoms with Crippen LogP contribution in [0.4, 0.5) is 17.2 Å². The smallest absolute Gasteiger partial charge is 0.197 e. The summed E-state index contributed by atoms with van der Waals surface area (Å²) < 4.78 is 1.79. The van der Waals surface area contributed by atoms with E-state index in [0.29, 0.717) is 32.7 Å². The summed E-state index contributed by atoms with van der Waals surface area (Å²) in [5, 5.41) is 8.89. The third kappa shape index (κ3) is 4.31. The highest BCUT2D eigenvalue weighted by Gasteiger charge is 2.16. The van der Waals surface area contributed by atoms with Crippen molar-refractivity contribution in [3.63, 3.8) is 0 Å². The maximum atomic E-state index is 6.22. The molecule has 0 bridgehead atoms. The molecule has 0 saturated carbocycles. The number of anilines is 3. The molecule has 0 amide bonds. The van der Waals surface area contributed by atoms with E-state index >= 15 is 0 Å². The van der Waals surface area contributed by atoms with Crippen LogP contribution in [0.3, 0.4) is 0 Å². The molecular weight excluding hydrogens is 431 g/mol. The van der Waals surface area contributed by atoms with Crippen LogP contribution >= 0.6 is 23.2 Å². The van der Waals surface area contributed by atoms with E-state index in [0.717, 1.165) is 30.2 Å². The van der Waals surface area contributed by atoms with E-state index in [1.54, 1.807) is 16.8 Å². The lowest BCUT2D eigenvalue weighted by molar-refractivity contribution is 0.808. The zero-order valence-corrected chi connectivity index (χ0v) is 19.5. The number of fused-ring (bicyclic) bond motifs is 1. The molecule has 160 valence electrons. The lowest BCUT2D eigenvalue weighted by atomic mass is 10.2. The molecule has 0 unspecified atom stereocenters. The van der Waals surface area contributed by atoms with Crippen molar-refractivity contribution in [3.05, 3.63) is 63.9 Å². The van der Waals surface area contributed by atoms with Gasteiger partial charge in [0.15, 0.2) is 11.6 Å². The minimum absolute atomic E-state index is 0.440. The molecule has 0 spiro atoms. The van der Waals surface area contributed by atoms with E-state index in [4.69, 9.17) is 33.2 Å². The minimum Gasteiger partial charge on any atom is -0.372 e. The average Bonchev–Trinajstić information content (AvgIpc) is 3.08. The Hall–Kier alpha value is -2.83. The van der Waals surface area contributed by atoms with Crippen molar-refractivity contribution in [2.24, 2.45) is 0 Å². The molecule has 0 fully saturated rings. The van der Waals surface area contributed by atoms with Gasteiger partial charge in [-0.15, -0.1) is 0 Å². The summed E-state index contributed by atoms with van der Waals surface area (Å²) in [6.45, 7) is 10.2. The van der Waals surface area contributed by atoms with Crippen molar-refractivity contribution in [1.29, 1.82) is 0 Å². The predicted molar refractivity (Wildman–Crippen MR) is 129 cm³/mol. The Morgan fingerprint density at radius 3 is 2.06 bits per heavy atom. The van der Waals surface area contributed by atoms with E-state index in [-0.39, 0.29) is 0 Å². The highest BCUT2D eigenvalue weighted by atomic mass is 35.5. The van der Waals surface area contributed by atoms with E-state index in [1.807, 2.05) is 32.0 Å². The molecule has 0 atom stereocenters. The molecule has 0 radical (unpaired) electrons. The monoisotopic (exact) mass is 454 g/mol. The molecule has 4 rings (SSSR count). The Labute approximate surface area is 191 Å². The fourth-order valence-corrected chi connectivity index (χ4v) is 3.91. The molecule has 1 N–H and O–H groups in total. The molecule has 0 saturated heterocycles. The second kappa shape index (κ2) is 8.73. The van der Waals surface area contributed by atoms with Crippen LogP contribution in [-0.2, 0) is 0 Å². The van der Waals surface area contributed by atoms with Crippen molar-refractivity contribution >= 4 is 51.4 Å². The quantitative estimate of drug-likeness (QED) is 0.368. The zero-order chi connectivity index (χ0) is 22.1. The van der Waals surface area contributed by atoms with Gasteiger partial charge in [0, 0.05) is 30.2 Å². The molecule has 6 nitrogen and oxygen atoms in total. The van der Waals surface area contributed by atoms with Crippen LogP contribution in [0.5, 0.6) is 0 Å². The molecule has 2 aromatic heterocycles. The van der Waals surface area contributed by atoms with Crippen LogP contribution in [0, 0.1) is 13.8 Å². The van der Waals surface area contributed by atoms with Gasteiger partial charge >= 0.3 is 0 Å². The number of hydrogen-bond donors (Lipinski definition) is 1. The fraction of sp³-hybridized carbons (Fsp3) is 0.261. The first-order valence-electron chi connectivity index (χ1n) is 10.2. The Morgan fingerprint density at radius 2 is 1.52 bits per heavy atom. The van der Waals surface area contributed by atoms with E-state index in [9.17, 15) is 0 Å². The van der Waals surface area contributed by atoms with Crippen LogP contribution < -0.4 is 10.2 Å². The number of hydrogen-bond acceptors (Lipinski definition) is 5. The summed E-state index contributed by atoms with van der Waals surface area (Å²) >= 11 is 12.4. The van der Waals surface area contributed by atoms with Gasteiger partial charge in [0.1, 0.15) is 0 Å². The molecule has 0 aliphatic carbocycles. The first kappa shape index (κ1) is 21.4. The Bertz CT molecular complexity index is 1230. The first-order chi connectivity index (χ1) is 14.9. The number of aromatic nitrogens is 4. The van der Waals surface area contributed by atoms with Crippen molar-refractivity contribution in [2.45, 2.75) is 27.7 Å². The molecule has 0 aliphatic heterocycles. The third-order valence-corrected chi connectivity index (χ3v) is 5.88. The van der Waals surface area contributed by atoms with Gasteiger partial charge in [-0.2, -0.15) is 5.10 Å². The maximum Gasteiger partial charge on any atom is 0.197 e.